The average Bonchev–Trinajstić information content (AvgIpc) is 2.74. The number of rotatable bonds is 0. The molecule has 80 valence electrons. The minimum atomic E-state index is -0.433. The van der Waals surface area contributed by atoms with E-state index in [2.05, 4.69) is 0 Å². The Morgan fingerprint density at radius 1 is 1.19 bits per heavy atom. The molecule has 0 bridgehead atoms. The third-order valence-corrected chi connectivity index (χ3v) is 2.80. The molecule has 1 aliphatic rings. The molecule has 1 unspecified atom stereocenters. The van der Waals surface area contributed by atoms with Gasteiger partial charge in [0.1, 0.15) is 5.75 Å². The maximum absolute atomic E-state index is 12.0. The van der Waals surface area contributed by atoms with Gasteiger partial charge in [0, 0.05) is 6.20 Å². The van der Waals surface area contributed by atoms with E-state index in [4.69, 9.17) is 4.74 Å². The second kappa shape index (κ2) is 3.23. The number of para-hydroxylation sites is 2. The highest BCUT2D eigenvalue weighted by Crippen LogP contribution is 2.29. The van der Waals surface area contributed by atoms with E-state index in [1.54, 1.807) is 6.92 Å². The number of carbonyl (C=O) groups excluding carboxylic acids is 1. The zero-order valence-corrected chi connectivity index (χ0v) is 8.88. The van der Waals surface area contributed by atoms with Crippen molar-refractivity contribution in [1.82, 2.24) is 4.57 Å². The fourth-order valence-corrected chi connectivity index (χ4v) is 2.00. The third-order valence-electron chi connectivity index (χ3n) is 2.80. The Morgan fingerprint density at radius 2 is 2.00 bits per heavy atom. The summed E-state index contributed by atoms with van der Waals surface area (Å²) in [4.78, 5) is 12.0. The van der Waals surface area contributed by atoms with E-state index in [1.807, 2.05) is 47.2 Å². The van der Waals surface area contributed by atoms with E-state index in [0.29, 0.717) is 5.69 Å². The predicted octanol–water partition coefficient (Wildman–Crippen LogP) is 2.44. The van der Waals surface area contributed by atoms with E-state index < -0.39 is 6.10 Å². The number of Topliss-reactive ketones (excluding diaryl/α,β-unsaturated/α-hetero) is 1. The standard InChI is InChI=1S/C13H11NO2/c1-9-13(15)11-6-4-8-14(11)10-5-2-3-7-12(10)16-9/h2-9H,1H3. The first-order valence-electron chi connectivity index (χ1n) is 5.25. The Morgan fingerprint density at radius 3 is 2.88 bits per heavy atom. The van der Waals surface area contributed by atoms with Crippen LogP contribution in [0.5, 0.6) is 5.75 Å². The number of nitrogens with zero attached hydrogens (tertiary/aromatic N) is 1. The van der Waals surface area contributed by atoms with Crippen LogP contribution in [0.1, 0.15) is 17.4 Å². The van der Waals surface area contributed by atoms with Crippen molar-refractivity contribution in [3.63, 3.8) is 0 Å². The summed E-state index contributed by atoms with van der Waals surface area (Å²) in [6.45, 7) is 1.78. The molecule has 0 saturated heterocycles. The summed E-state index contributed by atoms with van der Waals surface area (Å²) in [7, 11) is 0. The van der Waals surface area contributed by atoms with Gasteiger partial charge in [0.25, 0.3) is 0 Å². The highest BCUT2D eigenvalue weighted by atomic mass is 16.5. The molecular weight excluding hydrogens is 202 g/mol. The zero-order chi connectivity index (χ0) is 11.1. The van der Waals surface area contributed by atoms with Crippen molar-refractivity contribution in [1.29, 1.82) is 0 Å². The molecule has 0 spiro atoms. The lowest BCUT2D eigenvalue weighted by Gasteiger charge is -2.10. The number of aromatic nitrogens is 1. The lowest BCUT2D eigenvalue weighted by atomic mass is 10.2. The van der Waals surface area contributed by atoms with Crippen molar-refractivity contribution < 1.29 is 9.53 Å². The Labute approximate surface area is 93.3 Å². The summed E-state index contributed by atoms with van der Waals surface area (Å²) in [5, 5.41) is 0. The van der Waals surface area contributed by atoms with Crippen LogP contribution in [0.3, 0.4) is 0 Å². The molecule has 0 N–H and O–H groups in total. The monoisotopic (exact) mass is 213 g/mol. The van der Waals surface area contributed by atoms with Gasteiger partial charge in [-0.05, 0) is 31.2 Å². The van der Waals surface area contributed by atoms with E-state index in [0.717, 1.165) is 11.4 Å². The summed E-state index contributed by atoms with van der Waals surface area (Å²) in [5.41, 5.74) is 1.60. The maximum Gasteiger partial charge on any atom is 0.219 e. The van der Waals surface area contributed by atoms with Gasteiger partial charge in [-0.2, -0.15) is 0 Å². The van der Waals surface area contributed by atoms with E-state index in [1.165, 1.54) is 0 Å². The summed E-state index contributed by atoms with van der Waals surface area (Å²) >= 11 is 0. The highest BCUT2D eigenvalue weighted by Gasteiger charge is 2.25. The quantitative estimate of drug-likeness (QED) is 0.673. The van der Waals surface area contributed by atoms with Crippen LogP contribution in [0.2, 0.25) is 0 Å². The molecule has 0 saturated carbocycles. The molecule has 2 aromatic rings. The number of benzene rings is 1. The normalized spacial score (nSPS) is 18.3. The van der Waals surface area contributed by atoms with Gasteiger partial charge < -0.3 is 9.30 Å². The molecular formula is C13H11NO2. The van der Waals surface area contributed by atoms with Gasteiger partial charge in [-0.3, -0.25) is 4.79 Å². The smallest absolute Gasteiger partial charge is 0.219 e. The molecule has 0 aliphatic carbocycles. The fraction of sp³-hybridized carbons (Fsp3) is 0.154. The molecule has 0 radical (unpaired) electrons. The van der Waals surface area contributed by atoms with Crippen LogP contribution in [0, 0.1) is 0 Å². The van der Waals surface area contributed by atoms with Gasteiger partial charge >= 0.3 is 0 Å². The first-order valence-corrected chi connectivity index (χ1v) is 5.25. The van der Waals surface area contributed by atoms with Crippen molar-refractivity contribution in [2.24, 2.45) is 0 Å². The van der Waals surface area contributed by atoms with Gasteiger partial charge in [0.2, 0.25) is 5.78 Å². The van der Waals surface area contributed by atoms with Crippen LogP contribution in [-0.4, -0.2) is 16.5 Å². The third kappa shape index (κ3) is 1.18. The molecule has 0 amide bonds. The van der Waals surface area contributed by atoms with Crippen molar-refractivity contribution in [3.05, 3.63) is 48.3 Å². The van der Waals surface area contributed by atoms with Crippen molar-refractivity contribution in [3.8, 4) is 11.4 Å². The molecule has 1 aromatic heterocycles. The number of ketones is 1. The zero-order valence-electron chi connectivity index (χ0n) is 8.88. The minimum absolute atomic E-state index is 0.0150. The fourth-order valence-electron chi connectivity index (χ4n) is 2.00. The molecule has 0 fully saturated rings. The van der Waals surface area contributed by atoms with Crippen LogP contribution in [0.15, 0.2) is 42.6 Å². The van der Waals surface area contributed by atoms with Crippen molar-refractivity contribution in [2.45, 2.75) is 13.0 Å². The van der Waals surface area contributed by atoms with Gasteiger partial charge in [-0.1, -0.05) is 12.1 Å². The largest absolute Gasteiger partial charge is 0.480 e. The van der Waals surface area contributed by atoms with Gasteiger partial charge in [0.15, 0.2) is 6.10 Å². The average molecular weight is 213 g/mol. The Kier molecular flexibility index (Phi) is 1.86. The first kappa shape index (κ1) is 9.21. The van der Waals surface area contributed by atoms with Gasteiger partial charge in [-0.25, -0.2) is 0 Å². The molecule has 3 rings (SSSR count). The minimum Gasteiger partial charge on any atom is -0.480 e. The topological polar surface area (TPSA) is 31.2 Å². The molecule has 3 heteroatoms. The summed E-state index contributed by atoms with van der Waals surface area (Å²) in [5.74, 6) is 0.763. The molecule has 1 aromatic carbocycles. The van der Waals surface area contributed by atoms with Crippen molar-refractivity contribution in [2.75, 3.05) is 0 Å². The Bertz CT molecular complexity index is 557. The molecule has 1 atom stereocenters. The lowest BCUT2D eigenvalue weighted by Crippen LogP contribution is -2.22. The maximum atomic E-state index is 12.0. The summed E-state index contributed by atoms with van der Waals surface area (Å²) in [6.07, 6.45) is 1.45. The molecule has 16 heavy (non-hydrogen) atoms. The summed E-state index contributed by atoms with van der Waals surface area (Å²) in [6, 6.07) is 11.4. The van der Waals surface area contributed by atoms with E-state index >= 15 is 0 Å². The van der Waals surface area contributed by atoms with Gasteiger partial charge in [-0.15, -0.1) is 0 Å². The lowest BCUT2D eigenvalue weighted by molar-refractivity contribution is 0.0821. The number of hydrogen-bond acceptors (Lipinski definition) is 2. The molecule has 1 aliphatic heterocycles. The number of fused-ring (bicyclic) bond motifs is 3. The van der Waals surface area contributed by atoms with E-state index in [9.17, 15) is 4.79 Å². The predicted molar refractivity (Wildman–Crippen MR) is 60.2 cm³/mol. The summed E-state index contributed by atoms with van der Waals surface area (Å²) < 4.78 is 7.52. The van der Waals surface area contributed by atoms with Crippen LogP contribution < -0.4 is 4.74 Å². The second-order valence-corrected chi connectivity index (χ2v) is 3.86. The highest BCUT2D eigenvalue weighted by molar-refractivity contribution is 5.99. The Balaban J connectivity index is 2.31. The van der Waals surface area contributed by atoms with Crippen molar-refractivity contribution >= 4 is 5.78 Å². The molecule has 2 heterocycles. The number of ether oxygens (including phenoxy) is 1. The molecule has 3 nitrogen and oxygen atoms in total. The van der Waals surface area contributed by atoms with Gasteiger partial charge in [0.05, 0.1) is 11.4 Å². The Hall–Kier alpha value is -2.03. The van der Waals surface area contributed by atoms with Crippen LogP contribution >= 0.6 is 0 Å². The first-order chi connectivity index (χ1) is 7.77. The number of carbonyl (C=O) groups is 1. The second-order valence-electron chi connectivity index (χ2n) is 3.86. The van der Waals surface area contributed by atoms with Crippen LogP contribution in [0.25, 0.3) is 5.69 Å². The SMILES string of the molecule is CC1Oc2ccccc2-n2cccc2C1=O. The van der Waals surface area contributed by atoms with E-state index in [-0.39, 0.29) is 5.78 Å². The van der Waals surface area contributed by atoms with Crippen LogP contribution in [-0.2, 0) is 0 Å². The number of hydrogen-bond donors (Lipinski definition) is 0. The van der Waals surface area contributed by atoms with Crippen LogP contribution in [0.4, 0.5) is 0 Å².